The molecule has 0 aliphatic rings. The quantitative estimate of drug-likeness (QED) is 0.783. The number of anilines is 1. The van der Waals surface area contributed by atoms with E-state index in [1.54, 1.807) is 38.1 Å². The van der Waals surface area contributed by atoms with Gasteiger partial charge in [0.2, 0.25) is 5.91 Å². The Morgan fingerprint density at radius 2 is 1.89 bits per heavy atom. The minimum absolute atomic E-state index is 0.393. The predicted molar refractivity (Wildman–Crippen MR) is 71.8 cm³/mol. The Morgan fingerprint density at radius 3 is 2.44 bits per heavy atom. The summed E-state index contributed by atoms with van der Waals surface area (Å²) in [6, 6.07) is 5.95. The third-order valence-electron chi connectivity index (χ3n) is 2.19. The smallest absolute Gasteiger partial charge is 0.321 e. The van der Waals surface area contributed by atoms with Crippen LogP contribution in [-0.2, 0) is 4.79 Å². The number of urea groups is 1. The maximum atomic E-state index is 11.6. The van der Waals surface area contributed by atoms with E-state index in [-0.39, 0.29) is 0 Å². The third kappa shape index (κ3) is 4.63. The lowest BCUT2D eigenvalue weighted by Crippen LogP contribution is -2.45. The zero-order chi connectivity index (χ0) is 13.5. The first-order valence-electron chi connectivity index (χ1n) is 5.63. The molecular formula is C12H16ClN3O2. The molecule has 1 rings (SSSR count). The number of carbonyl (C=O) groups is 2. The van der Waals surface area contributed by atoms with Gasteiger partial charge in [0.05, 0.1) is 0 Å². The molecule has 0 saturated carbocycles. The summed E-state index contributed by atoms with van der Waals surface area (Å²) in [4.78, 5) is 22.8. The molecular weight excluding hydrogens is 254 g/mol. The van der Waals surface area contributed by atoms with Crippen LogP contribution in [0, 0.1) is 0 Å². The molecule has 0 saturated heterocycles. The molecule has 3 amide bonds. The molecule has 0 aliphatic heterocycles. The fourth-order valence-corrected chi connectivity index (χ4v) is 1.41. The average Bonchev–Trinajstić information content (AvgIpc) is 2.32. The van der Waals surface area contributed by atoms with Crippen LogP contribution in [0.25, 0.3) is 0 Å². The van der Waals surface area contributed by atoms with Gasteiger partial charge in [0.15, 0.2) is 0 Å². The molecule has 0 fully saturated rings. The summed E-state index contributed by atoms with van der Waals surface area (Å²) in [7, 11) is 0. The highest BCUT2D eigenvalue weighted by molar-refractivity contribution is 6.30. The number of rotatable bonds is 4. The van der Waals surface area contributed by atoms with E-state index in [4.69, 9.17) is 11.6 Å². The van der Waals surface area contributed by atoms with Crippen molar-refractivity contribution < 1.29 is 9.59 Å². The van der Waals surface area contributed by atoms with E-state index in [0.29, 0.717) is 11.6 Å². The second kappa shape index (κ2) is 6.86. The summed E-state index contributed by atoms with van der Waals surface area (Å²) in [5.41, 5.74) is 0.762. The molecule has 18 heavy (non-hydrogen) atoms. The molecule has 0 spiro atoms. The lowest BCUT2D eigenvalue weighted by molar-refractivity contribution is -0.120. The lowest BCUT2D eigenvalue weighted by Gasteiger charge is -2.14. The van der Waals surface area contributed by atoms with Crippen LogP contribution in [0.3, 0.4) is 0 Å². The van der Waals surface area contributed by atoms with Crippen LogP contribution in [0.1, 0.15) is 13.8 Å². The van der Waals surface area contributed by atoms with Crippen LogP contribution in [0.5, 0.6) is 0 Å². The maximum absolute atomic E-state index is 11.6. The van der Waals surface area contributed by atoms with Gasteiger partial charge in [0.1, 0.15) is 6.04 Å². The molecule has 0 aliphatic carbocycles. The molecule has 0 radical (unpaired) electrons. The number of imide groups is 1. The number of nitrogens with one attached hydrogen (secondary N) is 3. The Kier molecular flexibility index (Phi) is 5.45. The number of benzene rings is 1. The molecule has 5 nitrogen and oxygen atoms in total. The van der Waals surface area contributed by atoms with Crippen LogP contribution in [0.4, 0.5) is 10.5 Å². The minimum Gasteiger partial charge on any atom is -0.374 e. The SMILES string of the molecule is CCNC(=O)NC(=O)[C@H](C)Nc1ccc(Cl)cc1. The molecule has 3 N–H and O–H groups in total. The van der Waals surface area contributed by atoms with E-state index in [1.807, 2.05) is 0 Å². The maximum Gasteiger partial charge on any atom is 0.321 e. The molecule has 0 unspecified atom stereocenters. The van der Waals surface area contributed by atoms with E-state index in [0.717, 1.165) is 5.69 Å². The fraction of sp³-hybridized carbons (Fsp3) is 0.333. The zero-order valence-corrected chi connectivity index (χ0v) is 11.0. The Hall–Kier alpha value is -1.75. The predicted octanol–water partition coefficient (Wildman–Crippen LogP) is 1.99. The van der Waals surface area contributed by atoms with Gasteiger partial charge in [-0.3, -0.25) is 10.1 Å². The van der Waals surface area contributed by atoms with Gasteiger partial charge < -0.3 is 10.6 Å². The van der Waals surface area contributed by atoms with E-state index in [1.165, 1.54) is 0 Å². The van der Waals surface area contributed by atoms with Crippen molar-refractivity contribution >= 4 is 29.2 Å². The Bertz CT molecular complexity index is 420. The number of carbonyl (C=O) groups excluding carboxylic acids is 2. The van der Waals surface area contributed by atoms with Gasteiger partial charge in [-0.05, 0) is 38.1 Å². The van der Waals surface area contributed by atoms with Crippen molar-refractivity contribution in [2.45, 2.75) is 19.9 Å². The van der Waals surface area contributed by atoms with Gasteiger partial charge in [0, 0.05) is 17.3 Å². The highest BCUT2D eigenvalue weighted by Crippen LogP contribution is 2.14. The normalized spacial score (nSPS) is 11.5. The number of halogens is 1. The molecule has 1 aromatic rings. The van der Waals surface area contributed by atoms with E-state index >= 15 is 0 Å². The molecule has 0 bridgehead atoms. The summed E-state index contributed by atoms with van der Waals surface area (Å²) in [6.07, 6.45) is 0. The summed E-state index contributed by atoms with van der Waals surface area (Å²) < 4.78 is 0. The largest absolute Gasteiger partial charge is 0.374 e. The summed E-state index contributed by atoms with van der Waals surface area (Å²) >= 11 is 5.75. The monoisotopic (exact) mass is 269 g/mol. The van der Waals surface area contributed by atoms with Crippen LogP contribution in [-0.4, -0.2) is 24.5 Å². The van der Waals surface area contributed by atoms with E-state index < -0.39 is 18.0 Å². The van der Waals surface area contributed by atoms with Crippen molar-refractivity contribution in [3.05, 3.63) is 29.3 Å². The van der Waals surface area contributed by atoms with Crippen molar-refractivity contribution in [2.24, 2.45) is 0 Å². The topological polar surface area (TPSA) is 70.2 Å². The number of hydrogen-bond donors (Lipinski definition) is 3. The molecule has 0 aromatic heterocycles. The molecule has 1 aromatic carbocycles. The molecule has 98 valence electrons. The van der Waals surface area contributed by atoms with Crippen LogP contribution >= 0.6 is 11.6 Å². The standard InChI is InChI=1S/C12H16ClN3O2/c1-3-14-12(18)16-11(17)8(2)15-10-6-4-9(13)5-7-10/h4-8,15H,3H2,1-2H3,(H2,14,16,17,18)/t8-/m0/s1. The van der Waals surface area contributed by atoms with Crippen LogP contribution in [0.15, 0.2) is 24.3 Å². The highest BCUT2D eigenvalue weighted by Gasteiger charge is 2.14. The van der Waals surface area contributed by atoms with E-state index in [2.05, 4.69) is 16.0 Å². The van der Waals surface area contributed by atoms with Crippen molar-refractivity contribution in [1.29, 1.82) is 0 Å². The number of hydrogen-bond acceptors (Lipinski definition) is 3. The van der Waals surface area contributed by atoms with Gasteiger partial charge in [-0.2, -0.15) is 0 Å². The molecule has 0 heterocycles. The molecule has 6 heteroatoms. The number of amides is 3. The van der Waals surface area contributed by atoms with Gasteiger partial charge in [-0.15, -0.1) is 0 Å². The van der Waals surface area contributed by atoms with Gasteiger partial charge >= 0.3 is 6.03 Å². The van der Waals surface area contributed by atoms with Crippen molar-refractivity contribution in [2.75, 3.05) is 11.9 Å². The second-order valence-corrected chi connectivity index (χ2v) is 4.16. The van der Waals surface area contributed by atoms with Gasteiger partial charge in [-0.25, -0.2) is 4.79 Å². The molecule has 1 atom stereocenters. The van der Waals surface area contributed by atoms with Crippen molar-refractivity contribution in [3.8, 4) is 0 Å². The minimum atomic E-state index is -0.520. The third-order valence-corrected chi connectivity index (χ3v) is 2.45. The fourth-order valence-electron chi connectivity index (χ4n) is 1.29. The van der Waals surface area contributed by atoms with Crippen LogP contribution < -0.4 is 16.0 Å². The summed E-state index contributed by atoms with van der Waals surface area (Å²) in [6.45, 7) is 3.92. The first-order valence-corrected chi connectivity index (χ1v) is 6.01. The summed E-state index contributed by atoms with van der Waals surface area (Å²) in [5.74, 6) is -0.393. The highest BCUT2D eigenvalue weighted by atomic mass is 35.5. The van der Waals surface area contributed by atoms with E-state index in [9.17, 15) is 9.59 Å². The average molecular weight is 270 g/mol. The Labute approximate surface area is 111 Å². The first kappa shape index (κ1) is 14.3. The first-order chi connectivity index (χ1) is 8.52. The van der Waals surface area contributed by atoms with Crippen molar-refractivity contribution in [1.82, 2.24) is 10.6 Å². The second-order valence-electron chi connectivity index (χ2n) is 3.72. The van der Waals surface area contributed by atoms with Crippen molar-refractivity contribution in [3.63, 3.8) is 0 Å². The zero-order valence-electron chi connectivity index (χ0n) is 10.3. The van der Waals surface area contributed by atoms with Crippen LogP contribution in [0.2, 0.25) is 5.02 Å². The lowest BCUT2D eigenvalue weighted by atomic mass is 10.2. The van der Waals surface area contributed by atoms with Gasteiger partial charge in [0.25, 0.3) is 0 Å². The van der Waals surface area contributed by atoms with Gasteiger partial charge in [-0.1, -0.05) is 11.6 Å². The Morgan fingerprint density at radius 1 is 1.28 bits per heavy atom. The summed E-state index contributed by atoms with van der Waals surface area (Å²) in [5, 5.41) is 8.31. The Balaban J connectivity index is 2.49.